The highest BCUT2D eigenvalue weighted by Gasteiger charge is 2.16. The average molecular weight is 334 g/mol. The number of carbonyl (C=O) groups is 1. The molecule has 0 unspecified atom stereocenters. The molecule has 0 amide bonds. The van der Waals surface area contributed by atoms with Gasteiger partial charge in [-0.25, -0.2) is 9.48 Å². The van der Waals surface area contributed by atoms with Crippen LogP contribution in [0.25, 0.3) is 16.9 Å². The molecule has 1 aromatic heterocycles. The number of carboxylic acid groups (broad SMARTS) is 1. The maximum atomic E-state index is 11.4. The zero-order chi connectivity index (χ0) is 18.0. The Morgan fingerprint density at radius 3 is 2.24 bits per heavy atom. The Bertz CT molecular complexity index is 875. The van der Waals surface area contributed by atoms with Gasteiger partial charge in [0.1, 0.15) is 0 Å². The summed E-state index contributed by atoms with van der Waals surface area (Å²) in [5, 5.41) is 13.6. The number of carboxylic acids is 1. The highest BCUT2D eigenvalue weighted by molar-refractivity contribution is 5.87. The summed E-state index contributed by atoms with van der Waals surface area (Å²) in [5.74, 6) is -0.570. The lowest BCUT2D eigenvalue weighted by atomic mass is 10.0. The molecule has 0 atom stereocenters. The first kappa shape index (κ1) is 17.0. The van der Waals surface area contributed by atoms with Crippen LogP contribution in [-0.4, -0.2) is 20.9 Å². The van der Waals surface area contributed by atoms with E-state index in [2.05, 4.69) is 38.0 Å². The minimum atomic E-state index is -1.02. The van der Waals surface area contributed by atoms with Crippen LogP contribution in [0, 0.1) is 0 Å². The van der Waals surface area contributed by atoms with Gasteiger partial charge in [-0.1, -0.05) is 57.2 Å². The van der Waals surface area contributed by atoms with E-state index in [1.807, 2.05) is 36.4 Å². The first-order valence-electron chi connectivity index (χ1n) is 8.52. The molecule has 4 heteroatoms. The van der Waals surface area contributed by atoms with E-state index in [0.717, 1.165) is 23.4 Å². The zero-order valence-electron chi connectivity index (χ0n) is 14.7. The second-order valence-electron chi connectivity index (χ2n) is 6.43. The number of aryl methyl sites for hydroxylation is 1. The van der Waals surface area contributed by atoms with Crippen LogP contribution in [0.4, 0.5) is 0 Å². The largest absolute Gasteiger partial charge is 0.476 e. The van der Waals surface area contributed by atoms with E-state index in [1.165, 1.54) is 11.1 Å². The fourth-order valence-corrected chi connectivity index (χ4v) is 2.80. The summed E-state index contributed by atoms with van der Waals surface area (Å²) in [7, 11) is 0. The van der Waals surface area contributed by atoms with Crippen LogP contribution in [0.1, 0.15) is 48.3 Å². The van der Waals surface area contributed by atoms with Crippen molar-refractivity contribution >= 4 is 5.97 Å². The molecule has 0 aliphatic carbocycles. The van der Waals surface area contributed by atoms with E-state index in [1.54, 1.807) is 10.7 Å². The van der Waals surface area contributed by atoms with Gasteiger partial charge in [0.2, 0.25) is 0 Å². The third kappa shape index (κ3) is 3.48. The van der Waals surface area contributed by atoms with Crippen LogP contribution in [0.15, 0.2) is 54.6 Å². The van der Waals surface area contributed by atoms with Crippen LogP contribution in [0.2, 0.25) is 0 Å². The highest BCUT2D eigenvalue weighted by Crippen LogP contribution is 2.26. The number of aromatic nitrogens is 2. The Labute approximate surface area is 147 Å². The monoisotopic (exact) mass is 334 g/mol. The number of rotatable bonds is 5. The summed E-state index contributed by atoms with van der Waals surface area (Å²) < 4.78 is 1.70. The van der Waals surface area contributed by atoms with Crippen molar-refractivity contribution < 1.29 is 9.90 Å². The molecule has 0 bridgehead atoms. The number of hydrogen-bond donors (Lipinski definition) is 1. The molecule has 0 fully saturated rings. The fraction of sp³-hybridized carbons (Fsp3) is 0.238. The van der Waals surface area contributed by atoms with Gasteiger partial charge in [0.15, 0.2) is 5.69 Å². The molecule has 0 saturated carbocycles. The van der Waals surface area contributed by atoms with Gasteiger partial charge in [-0.2, -0.15) is 5.10 Å². The van der Waals surface area contributed by atoms with Crippen molar-refractivity contribution in [3.8, 4) is 16.9 Å². The van der Waals surface area contributed by atoms with Crippen molar-refractivity contribution in [2.24, 2.45) is 0 Å². The van der Waals surface area contributed by atoms with Crippen LogP contribution < -0.4 is 0 Å². The molecule has 0 aliphatic heterocycles. The Morgan fingerprint density at radius 1 is 1.08 bits per heavy atom. The lowest BCUT2D eigenvalue weighted by Crippen LogP contribution is -2.02. The van der Waals surface area contributed by atoms with Gasteiger partial charge < -0.3 is 5.11 Å². The summed E-state index contributed by atoms with van der Waals surface area (Å²) in [5.41, 5.74) is 5.11. The normalized spacial score (nSPS) is 11.0. The minimum Gasteiger partial charge on any atom is -0.476 e. The number of hydrogen-bond acceptors (Lipinski definition) is 2. The molecule has 128 valence electrons. The Hall–Kier alpha value is -2.88. The fourth-order valence-electron chi connectivity index (χ4n) is 2.80. The molecule has 1 N–H and O–H groups in total. The van der Waals surface area contributed by atoms with E-state index >= 15 is 0 Å². The average Bonchev–Trinajstić information content (AvgIpc) is 3.07. The van der Waals surface area contributed by atoms with Gasteiger partial charge in [0, 0.05) is 5.56 Å². The van der Waals surface area contributed by atoms with E-state index in [0.29, 0.717) is 5.92 Å². The standard InChI is InChI=1S/C21H22N2O2/c1-4-15-5-11-18(12-6-15)23-20(13-19(22-23)21(24)25)17-9-7-16(8-10-17)14(2)3/h5-14H,4H2,1-3H3,(H,24,25). The Kier molecular flexibility index (Phi) is 4.70. The van der Waals surface area contributed by atoms with E-state index < -0.39 is 5.97 Å². The minimum absolute atomic E-state index is 0.0440. The second-order valence-corrected chi connectivity index (χ2v) is 6.43. The molecular formula is C21H22N2O2. The maximum absolute atomic E-state index is 11.4. The van der Waals surface area contributed by atoms with E-state index in [-0.39, 0.29) is 5.69 Å². The highest BCUT2D eigenvalue weighted by atomic mass is 16.4. The molecule has 4 nitrogen and oxygen atoms in total. The van der Waals surface area contributed by atoms with Crippen LogP contribution in [0.5, 0.6) is 0 Å². The van der Waals surface area contributed by atoms with E-state index in [9.17, 15) is 9.90 Å². The van der Waals surface area contributed by atoms with Gasteiger partial charge in [-0.15, -0.1) is 0 Å². The Balaban J connectivity index is 2.09. The predicted octanol–water partition coefficient (Wildman–Crippen LogP) is 4.92. The first-order chi connectivity index (χ1) is 12.0. The number of benzene rings is 2. The summed E-state index contributed by atoms with van der Waals surface area (Å²) in [4.78, 5) is 11.4. The third-order valence-electron chi connectivity index (χ3n) is 4.39. The first-order valence-corrected chi connectivity index (χ1v) is 8.52. The third-order valence-corrected chi connectivity index (χ3v) is 4.39. The lowest BCUT2D eigenvalue weighted by molar-refractivity contribution is 0.0690. The molecule has 2 aromatic carbocycles. The number of nitrogens with zero attached hydrogens (tertiary/aromatic N) is 2. The Morgan fingerprint density at radius 2 is 1.72 bits per heavy atom. The molecule has 3 rings (SSSR count). The molecule has 0 radical (unpaired) electrons. The summed E-state index contributed by atoms with van der Waals surface area (Å²) in [6, 6.07) is 17.9. The van der Waals surface area contributed by atoms with Crippen molar-refractivity contribution in [2.75, 3.05) is 0 Å². The van der Waals surface area contributed by atoms with Crippen LogP contribution >= 0.6 is 0 Å². The summed E-state index contributed by atoms with van der Waals surface area (Å²) in [6.07, 6.45) is 0.962. The number of aromatic carboxylic acids is 1. The van der Waals surface area contributed by atoms with Crippen molar-refractivity contribution in [2.45, 2.75) is 33.1 Å². The molecule has 25 heavy (non-hydrogen) atoms. The molecule has 3 aromatic rings. The quantitative estimate of drug-likeness (QED) is 0.720. The van der Waals surface area contributed by atoms with E-state index in [4.69, 9.17) is 0 Å². The van der Waals surface area contributed by atoms with Gasteiger partial charge in [-0.05, 0) is 41.7 Å². The smallest absolute Gasteiger partial charge is 0.356 e. The topological polar surface area (TPSA) is 55.1 Å². The van der Waals surface area contributed by atoms with Gasteiger partial charge in [0.25, 0.3) is 0 Å². The lowest BCUT2D eigenvalue weighted by Gasteiger charge is -2.10. The van der Waals surface area contributed by atoms with Crippen molar-refractivity contribution in [1.82, 2.24) is 9.78 Å². The van der Waals surface area contributed by atoms with Crippen molar-refractivity contribution in [1.29, 1.82) is 0 Å². The second kappa shape index (κ2) is 6.93. The van der Waals surface area contributed by atoms with Crippen molar-refractivity contribution in [3.05, 3.63) is 71.4 Å². The van der Waals surface area contributed by atoms with Gasteiger partial charge in [0.05, 0.1) is 11.4 Å². The molecule has 1 heterocycles. The van der Waals surface area contributed by atoms with Crippen LogP contribution in [0.3, 0.4) is 0 Å². The van der Waals surface area contributed by atoms with Gasteiger partial charge >= 0.3 is 5.97 Å². The molecule has 0 saturated heterocycles. The molecule has 0 spiro atoms. The maximum Gasteiger partial charge on any atom is 0.356 e. The molecule has 0 aliphatic rings. The SMILES string of the molecule is CCc1ccc(-n2nc(C(=O)O)cc2-c2ccc(C(C)C)cc2)cc1. The van der Waals surface area contributed by atoms with Gasteiger partial charge in [-0.3, -0.25) is 0 Å². The van der Waals surface area contributed by atoms with Crippen molar-refractivity contribution in [3.63, 3.8) is 0 Å². The zero-order valence-corrected chi connectivity index (χ0v) is 14.7. The predicted molar refractivity (Wildman–Crippen MR) is 99.4 cm³/mol. The van der Waals surface area contributed by atoms with Crippen LogP contribution in [-0.2, 0) is 6.42 Å². The molecular weight excluding hydrogens is 312 g/mol. The summed E-state index contributed by atoms with van der Waals surface area (Å²) >= 11 is 0. The summed E-state index contributed by atoms with van der Waals surface area (Å²) in [6.45, 7) is 6.40.